The molecule has 2 heterocycles. The molecular weight excluding hydrogens is 230 g/mol. The minimum atomic E-state index is 0.246. The van der Waals surface area contributed by atoms with Gasteiger partial charge in [0.25, 0.3) is 11.8 Å². The molecule has 0 bridgehead atoms. The van der Waals surface area contributed by atoms with Crippen molar-refractivity contribution in [3.8, 4) is 17.2 Å². The fraction of sp³-hybridized carbons (Fsp3) is 0.385. The van der Waals surface area contributed by atoms with E-state index in [9.17, 15) is 5.11 Å². The average molecular weight is 245 g/mol. The Kier molecular flexibility index (Phi) is 2.66. The van der Waals surface area contributed by atoms with Crippen molar-refractivity contribution in [1.82, 2.24) is 10.1 Å². The number of rotatable bonds is 2. The minimum Gasteiger partial charge on any atom is -0.508 e. The molecule has 3 rings (SSSR count). The molecule has 0 radical (unpaired) electrons. The Morgan fingerprint density at radius 1 is 1.28 bits per heavy atom. The van der Waals surface area contributed by atoms with Crippen molar-refractivity contribution in [1.29, 1.82) is 0 Å². The van der Waals surface area contributed by atoms with Gasteiger partial charge < -0.3 is 14.5 Å². The predicted molar refractivity (Wildman–Crippen MR) is 67.6 cm³/mol. The summed E-state index contributed by atoms with van der Waals surface area (Å²) in [5, 5.41) is 13.4. The summed E-state index contributed by atoms with van der Waals surface area (Å²) in [6.45, 7) is 3.90. The molecule has 0 aliphatic carbocycles. The molecule has 0 saturated carbocycles. The molecule has 0 amide bonds. The lowest BCUT2D eigenvalue weighted by Crippen LogP contribution is -2.18. The summed E-state index contributed by atoms with van der Waals surface area (Å²) >= 11 is 0. The van der Waals surface area contributed by atoms with Gasteiger partial charge in [0, 0.05) is 18.7 Å². The van der Waals surface area contributed by atoms with Gasteiger partial charge >= 0.3 is 0 Å². The van der Waals surface area contributed by atoms with Crippen molar-refractivity contribution in [2.45, 2.75) is 19.8 Å². The van der Waals surface area contributed by atoms with Crippen molar-refractivity contribution >= 4 is 5.95 Å². The Balaban J connectivity index is 1.92. The maximum absolute atomic E-state index is 9.39. The third kappa shape index (κ3) is 1.92. The highest BCUT2D eigenvalue weighted by atomic mass is 16.5. The number of benzene rings is 1. The molecule has 5 nitrogen and oxygen atoms in total. The number of hydrogen-bond donors (Lipinski definition) is 1. The van der Waals surface area contributed by atoms with E-state index in [4.69, 9.17) is 4.52 Å². The Hall–Kier alpha value is -2.04. The Bertz CT molecular complexity index is 559. The highest BCUT2D eigenvalue weighted by Gasteiger charge is 2.19. The fourth-order valence-electron chi connectivity index (χ4n) is 2.26. The maximum Gasteiger partial charge on any atom is 0.266 e. The van der Waals surface area contributed by atoms with Gasteiger partial charge in [0.1, 0.15) is 5.75 Å². The molecule has 0 spiro atoms. The van der Waals surface area contributed by atoms with E-state index in [0.29, 0.717) is 11.8 Å². The predicted octanol–water partition coefficient (Wildman–Crippen LogP) is 2.35. The van der Waals surface area contributed by atoms with Crippen LogP contribution < -0.4 is 4.90 Å². The SMILES string of the molecule is Cc1cc(O)ccc1-c1nc(N2CCCC2)no1. The number of phenols is 1. The maximum atomic E-state index is 9.39. The third-order valence-corrected chi connectivity index (χ3v) is 3.24. The van der Waals surface area contributed by atoms with E-state index in [-0.39, 0.29) is 5.75 Å². The first kappa shape index (κ1) is 11.1. The molecule has 18 heavy (non-hydrogen) atoms. The summed E-state index contributed by atoms with van der Waals surface area (Å²) in [5.41, 5.74) is 1.79. The lowest BCUT2D eigenvalue weighted by atomic mass is 10.1. The van der Waals surface area contributed by atoms with E-state index >= 15 is 0 Å². The molecule has 1 aromatic heterocycles. The molecule has 1 aliphatic rings. The van der Waals surface area contributed by atoms with Crippen molar-refractivity contribution in [3.05, 3.63) is 23.8 Å². The van der Waals surface area contributed by atoms with Crippen molar-refractivity contribution in [3.63, 3.8) is 0 Å². The fourth-order valence-corrected chi connectivity index (χ4v) is 2.26. The van der Waals surface area contributed by atoms with Crippen molar-refractivity contribution in [2.75, 3.05) is 18.0 Å². The quantitative estimate of drug-likeness (QED) is 0.880. The summed E-state index contributed by atoms with van der Waals surface area (Å²) < 4.78 is 5.30. The van der Waals surface area contributed by atoms with Crippen LogP contribution in [0.2, 0.25) is 0 Å². The zero-order chi connectivity index (χ0) is 12.5. The Morgan fingerprint density at radius 3 is 2.78 bits per heavy atom. The van der Waals surface area contributed by atoms with Crippen molar-refractivity contribution in [2.24, 2.45) is 0 Å². The van der Waals surface area contributed by atoms with Crippen LogP contribution in [0, 0.1) is 6.92 Å². The molecule has 2 aromatic rings. The van der Waals surface area contributed by atoms with Gasteiger partial charge in [-0.15, -0.1) is 0 Å². The Labute approximate surface area is 105 Å². The topological polar surface area (TPSA) is 62.4 Å². The van der Waals surface area contributed by atoms with E-state index in [1.807, 2.05) is 6.92 Å². The first-order valence-electron chi connectivity index (χ1n) is 6.13. The van der Waals surface area contributed by atoms with Crippen LogP contribution in [0.4, 0.5) is 5.95 Å². The van der Waals surface area contributed by atoms with Crippen LogP contribution in [-0.4, -0.2) is 28.3 Å². The number of hydrogen-bond acceptors (Lipinski definition) is 5. The molecule has 1 fully saturated rings. The summed E-state index contributed by atoms with van der Waals surface area (Å²) in [5.74, 6) is 1.42. The van der Waals surface area contributed by atoms with Crippen LogP contribution in [0.15, 0.2) is 22.7 Å². The summed E-state index contributed by atoms with van der Waals surface area (Å²) in [6.07, 6.45) is 2.37. The molecule has 5 heteroatoms. The summed E-state index contributed by atoms with van der Waals surface area (Å²) in [6, 6.07) is 5.11. The van der Waals surface area contributed by atoms with Gasteiger partial charge in [0.2, 0.25) is 0 Å². The van der Waals surface area contributed by atoms with Gasteiger partial charge in [-0.3, -0.25) is 0 Å². The van der Waals surface area contributed by atoms with Gasteiger partial charge in [-0.05, 0) is 48.7 Å². The van der Waals surface area contributed by atoms with Crippen LogP contribution in [0.5, 0.6) is 5.75 Å². The van der Waals surface area contributed by atoms with Crippen LogP contribution in [-0.2, 0) is 0 Å². The second-order valence-corrected chi connectivity index (χ2v) is 4.59. The van der Waals surface area contributed by atoms with Crippen LogP contribution in [0.3, 0.4) is 0 Å². The highest BCUT2D eigenvalue weighted by Crippen LogP contribution is 2.27. The first-order chi connectivity index (χ1) is 8.74. The first-order valence-corrected chi connectivity index (χ1v) is 6.13. The van der Waals surface area contributed by atoms with Gasteiger partial charge in [-0.2, -0.15) is 4.98 Å². The van der Waals surface area contributed by atoms with E-state index in [1.54, 1.807) is 18.2 Å². The standard InChI is InChI=1S/C13H15N3O2/c1-9-8-10(17)4-5-11(9)12-14-13(15-18-12)16-6-2-3-7-16/h4-5,8,17H,2-3,6-7H2,1H3. The monoisotopic (exact) mass is 245 g/mol. The molecular formula is C13H15N3O2. The number of aryl methyl sites for hydroxylation is 1. The molecule has 1 N–H and O–H groups in total. The number of aromatic hydroxyl groups is 1. The molecule has 1 saturated heterocycles. The largest absolute Gasteiger partial charge is 0.508 e. The zero-order valence-corrected chi connectivity index (χ0v) is 10.3. The highest BCUT2D eigenvalue weighted by molar-refractivity contribution is 5.60. The summed E-state index contributed by atoms with van der Waals surface area (Å²) in [4.78, 5) is 6.55. The number of aromatic nitrogens is 2. The second kappa shape index (κ2) is 4.33. The van der Waals surface area contributed by atoms with Gasteiger partial charge in [0.15, 0.2) is 0 Å². The van der Waals surface area contributed by atoms with Crippen LogP contribution in [0.1, 0.15) is 18.4 Å². The second-order valence-electron chi connectivity index (χ2n) is 4.59. The van der Waals surface area contributed by atoms with E-state index in [2.05, 4.69) is 15.0 Å². The van der Waals surface area contributed by atoms with E-state index < -0.39 is 0 Å². The van der Waals surface area contributed by atoms with E-state index in [1.165, 1.54) is 12.8 Å². The smallest absolute Gasteiger partial charge is 0.266 e. The molecule has 0 unspecified atom stereocenters. The van der Waals surface area contributed by atoms with Gasteiger partial charge in [-0.1, -0.05) is 0 Å². The Morgan fingerprint density at radius 2 is 2.06 bits per heavy atom. The average Bonchev–Trinajstić information content (AvgIpc) is 2.99. The van der Waals surface area contributed by atoms with Gasteiger partial charge in [0.05, 0.1) is 0 Å². The third-order valence-electron chi connectivity index (χ3n) is 3.24. The minimum absolute atomic E-state index is 0.246. The molecule has 1 aromatic carbocycles. The zero-order valence-electron chi connectivity index (χ0n) is 10.3. The van der Waals surface area contributed by atoms with Crippen LogP contribution in [0.25, 0.3) is 11.5 Å². The molecule has 0 atom stereocenters. The molecule has 1 aliphatic heterocycles. The number of anilines is 1. The lowest BCUT2D eigenvalue weighted by Gasteiger charge is -2.09. The van der Waals surface area contributed by atoms with Crippen LogP contribution >= 0.6 is 0 Å². The van der Waals surface area contributed by atoms with Gasteiger partial charge in [-0.25, -0.2) is 0 Å². The number of nitrogens with zero attached hydrogens (tertiary/aromatic N) is 3. The normalized spacial score (nSPS) is 15.3. The lowest BCUT2D eigenvalue weighted by molar-refractivity contribution is 0.429. The molecule has 94 valence electrons. The van der Waals surface area contributed by atoms with Crippen molar-refractivity contribution < 1.29 is 9.63 Å². The number of phenolic OH excluding ortho intramolecular Hbond substituents is 1. The summed E-state index contributed by atoms with van der Waals surface area (Å²) in [7, 11) is 0. The van der Waals surface area contributed by atoms with E-state index in [0.717, 1.165) is 24.2 Å².